The van der Waals surface area contributed by atoms with Crippen LogP contribution in [-0.4, -0.2) is 46.7 Å². The smallest absolute Gasteiger partial charge is 0.288 e. The van der Waals surface area contributed by atoms with Gasteiger partial charge in [0, 0.05) is 23.8 Å². The molecule has 2 aromatic carbocycles. The number of halogens is 1. The fraction of sp³-hybridized carbons (Fsp3) is 0.182. The van der Waals surface area contributed by atoms with E-state index in [0.29, 0.717) is 5.75 Å². The number of benzene rings is 2. The zero-order chi connectivity index (χ0) is 25.0. The van der Waals surface area contributed by atoms with Gasteiger partial charge in [-0.1, -0.05) is 23.7 Å². The van der Waals surface area contributed by atoms with Crippen molar-refractivity contribution < 1.29 is 28.8 Å². The van der Waals surface area contributed by atoms with E-state index in [0.717, 1.165) is 22.1 Å². The molecule has 0 radical (unpaired) electrons. The Morgan fingerprint density at radius 3 is 2.65 bits per heavy atom. The lowest BCUT2D eigenvalue weighted by atomic mass is 10.2. The molecule has 0 spiro atoms. The molecule has 11 nitrogen and oxygen atoms in total. The van der Waals surface area contributed by atoms with E-state index in [4.69, 9.17) is 16.3 Å². The maximum Gasteiger partial charge on any atom is 0.288 e. The quantitative estimate of drug-likeness (QED) is 0.286. The molecule has 1 aliphatic rings. The van der Waals surface area contributed by atoms with Crippen LogP contribution in [0.4, 0.5) is 11.4 Å². The Morgan fingerprint density at radius 1 is 1.26 bits per heavy atom. The van der Waals surface area contributed by atoms with Crippen molar-refractivity contribution in [2.24, 2.45) is 0 Å². The highest BCUT2D eigenvalue weighted by Crippen LogP contribution is 2.29. The van der Waals surface area contributed by atoms with Crippen LogP contribution in [0.15, 0.2) is 54.6 Å². The van der Waals surface area contributed by atoms with Crippen molar-refractivity contribution in [1.29, 1.82) is 0 Å². The summed E-state index contributed by atoms with van der Waals surface area (Å²) >= 11 is 5.78. The lowest BCUT2D eigenvalue weighted by molar-refractivity contribution is -0.384. The van der Waals surface area contributed by atoms with Crippen LogP contribution in [0.5, 0.6) is 5.75 Å². The normalized spacial score (nSPS) is 15.5. The Labute approximate surface area is 198 Å². The molecule has 1 N–H and O–H groups in total. The summed E-state index contributed by atoms with van der Waals surface area (Å²) in [6.45, 7) is 1.56. The predicted molar refractivity (Wildman–Crippen MR) is 121 cm³/mol. The Hall–Kier alpha value is -4.25. The molecule has 34 heavy (non-hydrogen) atoms. The van der Waals surface area contributed by atoms with Gasteiger partial charge in [-0.25, -0.2) is 9.91 Å². The molecule has 1 aliphatic heterocycles. The van der Waals surface area contributed by atoms with Gasteiger partial charge in [-0.15, -0.1) is 0 Å². The van der Waals surface area contributed by atoms with E-state index in [1.165, 1.54) is 37.5 Å². The average Bonchev–Trinajstić information content (AvgIpc) is 3.10. The van der Waals surface area contributed by atoms with Crippen LogP contribution in [0.2, 0.25) is 5.02 Å². The minimum Gasteiger partial charge on any atom is -0.497 e. The molecule has 1 unspecified atom stereocenters. The number of rotatable bonds is 6. The minimum atomic E-state index is -1.34. The average molecular weight is 487 g/mol. The molecule has 0 saturated carbocycles. The van der Waals surface area contributed by atoms with Crippen molar-refractivity contribution >= 4 is 46.6 Å². The molecule has 2 aromatic rings. The number of amides is 4. The standard InChI is InChI=1S/C22H19ClN4O7/c1-3-5-19(28)26(24-21(30)13-8-9-16(23)17(10-13)27(32)33)18-12-20(29)25(22(18)31)14-6-4-7-15(11-14)34-2/h3-11,18H,12H2,1-2H3,(H,24,30). The highest BCUT2D eigenvalue weighted by atomic mass is 35.5. The number of carbonyl (C=O) groups excluding carboxylic acids is 4. The summed E-state index contributed by atoms with van der Waals surface area (Å²) in [5.41, 5.74) is 1.87. The monoisotopic (exact) mass is 486 g/mol. The summed E-state index contributed by atoms with van der Waals surface area (Å²) in [5.74, 6) is -2.58. The molecule has 1 saturated heterocycles. The first-order valence-corrected chi connectivity index (χ1v) is 10.3. The molecule has 0 aromatic heterocycles. The van der Waals surface area contributed by atoms with Gasteiger partial charge in [0.25, 0.3) is 23.4 Å². The number of hydrogen-bond acceptors (Lipinski definition) is 7. The van der Waals surface area contributed by atoms with E-state index in [-0.39, 0.29) is 22.7 Å². The number of allylic oxidation sites excluding steroid dienone is 1. The predicted octanol–water partition coefficient (Wildman–Crippen LogP) is 2.64. The van der Waals surface area contributed by atoms with Crippen molar-refractivity contribution in [3.8, 4) is 5.75 Å². The number of nitro benzene ring substituents is 1. The topological polar surface area (TPSA) is 139 Å². The lowest BCUT2D eigenvalue weighted by Gasteiger charge is -2.27. The number of imide groups is 1. The number of hydrazine groups is 1. The molecule has 1 atom stereocenters. The number of ether oxygens (including phenoxy) is 1. The van der Waals surface area contributed by atoms with E-state index in [9.17, 15) is 29.3 Å². The SMILES string of the molecule is CC=CC(=O)N(NC(=O)c1ccc(Cl)c([N+](=O)[O-])c1)C1CC(=O)N(c2cccc(OC)c2)C1=O. The highest BCUT2D eigenvalue weighted by Gasteiger charge is 2.45. The van der Waals surface area contributed by atoms with Gasteiger partial charge in [-0.2, -0.15) is 0 Å². The molecule has 1 heterocycles. The molecule has 0 aliphatic carbocycles. The maximum atomic E-state index is 13.2. The zero-order valence-corrected chi connectivity index (χ0v) is 18.8. The molecule has 0 bridgehead atoms. The van der Waals surface area contributed by atoms with Gasteiger partial charge in [0.05, 0.1) is 24.1 Å². The summed E-state index contributed by atoms with van der Waals surface area (Å²) in [7, 11) is 1.43. The Balaban J connectivity index is 1.92. The second kappa shape index (κ2) is 10.1. The van der Waals surface area contributed by atoms with Gasteiger partial charge < -0.3 is 4.74 Å². The fourth-order valence-corrected chi connectivity index (χ4v) is 3.50. The summed E-state index contributed by atoms with van der Waals surface area (Å²) in [4.78, 5) is 62.7. The molecular formula is C22H19ClN4O7. The summed E-state index contributed by atoms with van der Waals surface area (Å²) in [6.07, 6.45) is 2.12. The first kappa shape index (κ1) is 24.4. The molecule has 4 amide bonds. The number of nitrogens with one attached hydrogen (secondary N) is 1. The fourth-order valence-electron chi connectivity index (χ4n) is 3.32. The van der Waals surface area contributed by atoms with Crippen molar-refractivity contribution in [1.82, 2.24) is 10.4 Å². The Morgan fingerprint density at radius 2 is 2.00 bits per heavy atom. The maximum absolute atomic E-state index is 13.2. The van der Waals surface area contributed by atoms with Crippen LogP contribution in [0, 0.1) is 10.1 Å². The van der Waals surface area contributed by atoms with Gasteiger partial charge in [0.15, 0.2) is 0 Å². The van der Waals surface area contributed by atoms with E-state index in [1.807, 2.05) is 0 Å². The first-order valence-electron chi connectivity index (χ1n) is 9.89. The van der Waals surface area contributed by atoms with Gasteiger partial charge in [-0.3, -0.25) is 34.7 Å². The third kappa shape index (κ3) is 4.89. The molecular weight excluding hydrogens is 468 g/mol. The van der Waals surface area contributed by atoms with Crippen LogP contribution in [0.1, 0.15) is 23.7 Å². The van der Waals surface area contributed by atoms with Crippen LogP contribution in [0.25, 0.3) is 0 Å². The van der Waals surface area contributed by atoms with Gasteiger partial charge in [0.1, 0.15) is 16.8 Å². The minimum absolute atomic E-state index is 0.171. The van der Waals surface area contributed by atoms with Gasteiger partial charge >= 0.3 is 0 Å². The second-order valence-electron chi connectivity index (χ2n) is 7.06. The number of hydrogen-bond donors (Lipinski definition) is 1. The summed E-state index contributed by atoms with van der Waals surface area (Å²) < 4.78 is 5.13. The van der Waals surface area contributed by atoms with Crippen molar-refractivity contribution in [2.45, 2.75) is 19.4 Å². The van der Waals surface area contributed by atoms with Crippen LogP contribution < -0.4 is 15.1 Å². The van der Waals surface area contributed by atoms with E-state index < -0.39 is 40.3 Å². The number of methoxy groups -OCH3 is 1. The molecule has 12 heteroatoms. The number of nitro groups is 1. The van der Waals surface area contributed by atoms with Crippen LogP contribution >= 0.6 is 11.6 Å². The van der Waals surface area contributed by atoms with Gasteiger partial charge in [0.2, 0.25) is 5.91 Å². The van der Waals surface area contributed by atoms with Crippen molar-refractivity contribution in [3.63, 3.8) is 0 Å². The van der Waals surface area contributed by atoms with Crippen molar-refractivity contribution in [2.75, 3.05) is 12.0 Å². The number of carbonyl (C=O) groups is 4. The Kier molecular flexibility index (Phi) is 7.27. The largest absolute Gasteiger partial charge is 0.497 e. The van der Waals surface area contributed by atoms with E-state index in [2.05, 4.69) is 5.43 Å². The van der Waals surface area contributed by atoms with Crippen molar-refractivity contribution in [3.05, 3.63) is 75.3 Å². The lowest BCUT2D eigenvalue weighted by Crippen LogP contribution is -2.54. The first-order chi connectivity index (χ1) is 16.2. The molecule has 176 valence electrons. The molecule has 1 fully saturated rings. The highest BCUT2D eigenvalue weighted by molar-refractivity contribution is 6.32. The van der Waals surface area contributed by atoms with Crippen LogP contribution in [-0.2, 0) is 14.4 Å². The Bertz CT molecular complexity index is 1210. The summed E-state index contributed by atoms with van der Waals surface area (Å²) in [5, 5.41) is 11.7. The second-order valence-corrected chi connectivity index (χ2v) is 7.47. The summed E-state index contributed by atoms with van der Waals surface area (Å²) in [6, 6.07) is 8.26. The zero-order valence-electron chi connectivity index (χ0n) is 18.1. The molecule has 3 rings (SSSR count). The van der Waals surface area contributed by atoms with E-state index >= 15 is 0 Å². The van der Waals surface area contributed by atoms with Gasteiger partial charge in [-0.05, 0) is 31.2 Å². The third-order valence-corrected chi connectivity index (χ3v) is 5.24. The van der Waals surface area contributed by atoms with E-state index in [1.54, 1.807) is 19.1 Å². The van der Waals surface area contributed by atoms with Crippen LogP contribution in [0.3, 0.4) is 0 Å². The number of anilines is 1. The third-order valence-electron chi connectivity index (χ3n) is 4.92. The number of nitrogens with zero attached hydrogens (tertiary/aromatic N) is 3.